The highest BCUT2D eigenvalue weighted by Crippen LogP contribution is 2.66. The van der Waals surface area contributed by atoms with Gasteiger partial charge >= 0.3 is 0 Å². The van der Waals surface area contributed by atoms with Crippen LogP contribution in [0.2, 0.25) is 0 Å². The Morgan fingerprint density at radius 2 is 0.836 bits per heavy atom. The Balaban J connectivity index is 1.06. The first-order chi connectivity index (χ1) is 30.0. The zero-order valence-corrected chi connectivity index (χ0v) is 33.9. The quantitative estimate of drug-likeness (QED) is 0.177. The summed E-state index contributed by atoms with van der Waals surface area (Å²) >= 11 is 0. The number of ether oxygens (including phenoxy) is 1. The SMILES string of the molecule is CC1(C)c2ccccc2-c2ccc(N(c3ccccc3)c3ccc4c(c3)C3(c5ccccc5-4)c4ccccc4-c4c(N5c6ccccc6Oc6ccccc65)cccc43)cc21. The third-order valence-electron chi connectivity index (χ3n) is 13.8. The molecule has 288 valence electrons. The summed E-state index contributed by atoms with van der Waals surface area (Å²) in [6.45, 7) is 4.73. The summed E-state index contributed by atoms with van der Waals surface area (Å²) in [6, 6.07) is 76.0. The molecule has 0 saturated heterocycles. The second-order valence-corrected chi connectivity index (χ2v) is 17.2. The normalized spacial score (nSPS) is 16.3. The molecule has 0 amide bonds. The van der Waals surface area contributed by atoms with Gasteiger partial charge in [0.2, 0.25) is 0 Å². The summed E-state index contributed by atoms with van der Waals surface area (Å²) in [5.74, 6) is 1.70. The summed E-state index contributed by atoms with van der Waals surface area (Å²) in [5, 5.41) is 0. The van der Waals surface area contributed by atoms with E-state index in [2.05, 4.69) is 230 Å². The van der Waals surface area contributed by atoms with Crippen molar-refractivity contribution in [2.45, 2.75) is 24.7 Å². The first-order valence-corrected chi connectivity index (χ1v) is 21.3. The molecule has 0 fully saturated rings. The smallest absolute Gasteiger partial charge is 0.151 e. The molecule has 3 nitrogen and oxygen atoms in total. The molecule has 0 bridgehead atoms. The summed E-state index contributed by atoms with van der Waals surface area (Å²) in [7, 11) is 0. The minimum absolute atomic E-state index is 0.121. The second kappa shape index (κ2) is 12.5. The van der Waals surface area contributed by atoms with Crippen LogP contribution in [0.25, 0.3) is 33.4 Å². The standard InChI is InChI=1S/C58H40N2O/c1-57(2)45-22-9-6-19-40(45)42-33-31-38(35-49(42)57)59(37-17-4-3-5-18-37)39-32-34-43-41-20-7-10-23-46(41)58(50(43)36-39)47-24-11-8-21-44(47)56-48(58)25-16-28-53(56)60-51-26-12-14-29-54(51)61-55-30-15-13-27-52(55)60/h3-36H,1-2H3. The zero-order valence-electron chi connectivity index (χ0n) is 33.9. The molecule has 1 atom stereocenters. The Kier molecular flexibility index (Phi) is 6.99. The van der Waals surface area contributed by atoms with E-state index in [0.717, 1.165) is 45.6 Å². The molecule has 9 aromatic rings. The average molecular weight is 781 g/mol. The van der Waals surface area contributed by atoms with Crippen LogP contribution >= 0.6 is 0 Å². The van der Waals surface area contributed by atoms with Crippen molar-refractivity contribution in [1.29, 1.82) is 0 Å². The van der Waals surface area contributed by atoms with Crippen LogP contribution < -0.4 is 14.5 Å². The number of hydrogen-bond acceptors (Lipinski definition) is 3. The molecule has 1 spiro atoms. The van der Waals surface area contributed by atoms with E-state index in [0.29, 0.717) is 0 Å². The number of anilines is 6. The molecular weight excluding hydrogens is 741 g/mol. The number of rotatable bonds is 4. The van der Waals surface area contributed by atoms with E-state index < -0.39 is 5.41 Å². The van der Waals surface area contributed by atoms with Gasteiger partial charge in [0, 0.05) is 28.0 Å². The van der Waals surface area contributed by atoms with Crippen LogP contribution in [0.15, 0.2) is 206 Å². The highest BCUT2D eigenvalue weighted by Gasteiger charge is 2.53. The van der Waals surface area contributed by atoms with E-state index in [1.54, 1.807) is 0 Å². The lowest BCUT2D eigenvalue weighted by atomic mass is 9.70. The van der Waals surface area contributed by atoms with Gasteiger partial charge in [0.1, 0.15) is 0 Å². The van der Waals surface area contributed by atoms with E-state index in [1.165, 1.54) is 66.8 Å². The van der Waals surface area contributed by atoms with Crippen LogP contribution in [-0.2, 0) is 10.8 Å². The average Bonchev–Trinajstić information content (AvgIpc) is 3.87. The maximum atomic E-state index is 6.52. The van der Waals surface area contributed by atoms with Gasteiger partial charge in [-0.2, -0.15) is 0 Å². The van der Waals surface area contributed by atoms with Crippen LogP contribution in [-0.4, -0.2) is 0 Å². The van der Waals surface area contributed by atoms with Crippen LogP contribution in [0.4, 0.5) is 34.1 Å². The predicted octanol–water partition coefficient (Wildman–Crippen LogP) is 15.4. The van der Waals surface area contributed by atoms with Crippen molar-refractivity contribution in [3.63, 3.8) is 0 Å². The number of nitrogens with zero attached hydrogens (tertiary/aromatic N) is 2. The lowest BCUT2D eigenvalue weighted by Crippen LogP contribution is -2.26. The molecule has 3 aliphatic carbocycles. The van der Waals surface area contributed by atoms with Crippen molar-refractivity contribution in [3.8, 4) is 44.9 Å². The number of benzene rings is 9. The molecule has 0 aromatic heterocycles. The van der Waals surface area contributed by atoms with E-state index in [-0.39, 0.29) is 5.41 Å². The Morgan fingerprint density at radius 3 is 1.52 bits per heavy atom. The Morgan fingerprint density at radius 1 is 0.361 bits per heavy atom. The fourth-order valence-corrected chi connectivity index (χ4v) is 11.3. The van der Waals surface area contributed by atoms with Crippen molar-refractivity contribution in [1.82, 2.24) is 0 Å². The lowest BCUT2D eigenvalue weighted by molar-refractivity contribution is 0.477. The molecule has 13 rings (SSSR count). The van der Waals surface area contributed by atoms with Crippen LogP contribution in [0.5, 0.6) is 11.5 Å². The first kappa shape index (κ1) is 34.3. The van der Waals surface area contributed by atoms with Crippen LogP contribution in [0.1, 0.15) is 47.2 Å². The third kappa shape index (κ3) is 4.53. The molecule has 0 saturated carbocycles. The van der Waals surface area contributed by atoms with E-state index in [4.69, 9.17) is 4.74 Å². The minimum atomic E-state index is -0.556. The molecule has 1 unspecified atom stereocenters. The van der Waals surface area contributed by atoms with E-state index in [1.807, 2.05) is 0 Å². The fraction of sp³-hybridized carbons (Fsp3) is 0.0690. The van der Waals surface area contributed by atoms with Crippen LogP contribution in [0, 0.1) is 0 Å². The highest BCUT2D eigenvalue weighted by atomic mass is 16.5. The maximum Gasteiger partial charge on any atom is 0.151 e. The summed E-state index contributed by atoms with van der Waals surface area (Å²) < 4.78 is 6.52. The molecule has 1 aliphatic heterocycles. The molecule has 4 aliphatic rings. The Labute approximate surface area is 356 Å². The number of fused-ring (bicyclic) bond motifs is 15. The van der Waals surface area contributed by atoms with Gasteiger partial charge in [0.15, 0.2) is 11.5 Å². The molecule has 0 radical (unpaired) electrons. The minimum Gasteiger partial charge on any atom is -0.453 e. The summed E-state index contributed by atoms with van der Waals surface area (Å²) in [4.78, 5) is 4.86. The van der Waals surface area contributed by atoms with Gasteiger partial charge in [-0.15, -0.1) is 0 Å². The predicted molar refractivity (Wildman–Crippen MR) is 250 cm³/mol. The molecule has 0 N–H and O–H groups in total. The fourth-order valence-electron chi connectivity index (χ4n) is 11.3. The lowest BCUT2D eigenvalue weighted by Gasteiger charge is -2.35. The van der Waals surface area contributed by atoms with E-state index >= 15 is 0 Å². The van der Waals surface area contributed by atoms with Gasteiger partial charge in [-0.05, 0) is 128 Å². The monoisotopic (exact) mass is 780 g/mol. The second-order valence-electron chi connectivity index (χ2n) is 17.2. The third-order valence-corrected chi connectivity index (χ3v) is 13.8. The molecule has 3 heteroatoms. The molecular formula is C58H40N2O. The summed E-state index contributed by atoms with van der Waals surface area (Å²) in [5.41, 5.74) is 21.6. The number of para-hydroxylation sites is 5. The first-order valence-electron chi connectivity index (χ1n) is 21.3. The highest BCUT2D eigenvalue weighted by molar-refractivity contribution is 6.03. The van der Waals surface area contributed by atoms with Gasteiger partial charge in [0.05, 0.1) is 22.5 Å². The Bertz CT molecular complexity index is 3250. The topological polar surface area (TPSA) is 15.7 Å². The summed E-state index contributed by atoms with van der Waals surface area (Å²) in [6.07, 6.45) is 0. The van der Waals surface area contributed by atoms with Crippen molar-refractivity contribution < 1.29 is 4.74 Å². The van der Waals surface area contributed by atoms with Gasteiger partial charge in [-0.3, -0.25) is 0 Å². The number of hydrogen-bond donors (Lipinski definition) is 0. The van der Waals surface area contributed by atoms with Crippen molar-refractivity contribution in [2.24, 2.45) is 0 Å². The van der Waals surface area contributed by atoms with Crippen molar-refractivity contribution >= 4 is 34.1 Å². The van der Waals surface area contributed by atoms with Crippen molar-refractivity contribution in [3.05, 3.63) is 240 Å². The largest absolute Gasteiger partial charge is 0.453 e. The molecule has 9 aromatic carbocycles. The van der Waals surface area contributed by atoms with Gasteiger partial charge in [-0.25, -0.2) is 0 Å². The van der Waals surface area contributed by atoms with E-state index in [9.17, 15) is 0 Å². The van der Waals surface area contributed by atoms with Crippen molar-refractivity contribution in [2.75, 3.05) is 9.80 Å². The van der Waals surface area contributed by atoms with Gasteiger partial charge in [-0.1, -0.05) is 153 Å². The molecule has 1 heterocycles. The van der Waals surface area contributed by atoms with Crippen LogP contribution in [0.3, 0.4) is 0 Å². The maximum absolute atomic E-state index is 6.52. The van der Waals surface area contributed by atoms with Gasteiger partial charge < -0.3 is 14.5 Å². The van der Waals surface area contributed by atoms with Gasteiger partial charge in [0.25, 0.3) is 0 Å². The molecule has 61 heavy (non-hydrogen) atoms. The zero-order chi connectivity index (χ0) is 40.5. The Hall–Kier alpha value is -7.62.